The van der Waals surface area contributed by atoms with Gasteiger partial charge in [0.15, 0.2) is 0 Å². The van der Waals surface area contributed by atoms with Gasteiger partial charge in [-0.1, -0.05) is 64.4 Å². The van der Waals surface area contributed by atoms with Crippen molar-refractivity contribution in [2.75, 3.05) is 13.1 Å². The van der Waals surface area contributed by atoms with Crippen molar-refractivity contribution in [1.82, 2.24) is 10.2 Å². The van der Waals surface area contributed by atoms with E-state index in [4.69, 9.17) is 58.0 Å². The number of likely N-dealkylation sites (tertiary alicyclic amines) is 1. The molecule has 3 nitrogen and oxygen atoms in total. The number of benzene rings is 1. The van der Waals surface area contributed by atoms with Crippen LogP contribution in [0.3, 0.4) is 0 Å². The van der Waals surface area contributed by atoms with Crippen LogP contribution in [0.1, 0.15) is 29.6 Å². The Kier molecular flexibility index (Phi) is 6.52. The van der Waals surface area contributed by atoms with Crippen LogP contribution in [-0.2, 0) is 0 Å². The molecule has 0 spiro atoms. The normalized spacial score (nSPS) is 18.0. The van der Waals surface area contributed by atoms with E-state index in [0.717, 1.165) is 32.4 Å². The summed E-state index contributed by atoms with van der Waals surface area (Å²) < 4.78 is -1.63. The van der Waals surface area contributed by atoms with Gasteiger partial charge in [-0.25, -0.2) is 0 Å². The summed E-state index contributed by atoms with van der Waals surface area (Å²) in [5.74, 6) is -0.399. The van der Waals surface area contributed by atoms with Gasteiger partial charge in [-0.05, 0) is 31.0 Å². The monoisotopic (exact) mass is 402 g/mol. The molecule has 0 aromatic heterocycles. The first kappa shape index (κ1) is 18.4. The molecule has 1 fully saturated rings. The van der Waals surface area contributed by atoms with Gasteiger partial charge in [-0.2, -0.15) is 0 Å². The highest BCUT2D eigenvalue weighted by atomic mass is 35.6. The second-order valence-electron chi connectivity index (χ2n) is 5.14. The van der Waals surface area contributed by atoms with Crippen molar-refractivity contribution in [2.45, 2.75) is 29.2 Å². The van der Waals surface area contributed by atoms with Crippen molar-refractivity contribution in [2.24, 2.45) is 0 Å². The third-order valence-corrected chi connectivity index (χ3v) is 4.68. The lowest BCUT2D eigenvalue weighted by Gasteiger charge is -2.38. The average molecular weight is 405 g/mol. The first-order valence-electron chi connectivity index (χ1n) is 6.86. The van der Waals surface area contributed by atoms with Gasteiger partial charge in [0.25, 0.3) is 5.91 Å². The predicted molar refractivity (Wildman–Crippen MR) is 93.4 cm³/mol. The molecular formula is C14H15Cl5N2O. The fraction of sp³-hybridized carbons (Fsp3) is 0.500. The number of carbonyl (C=O) groups is 1. The van der Waals surface area contributed by atoms with E-state index < -0.39 is 15.9 Å². The lowest BCUT2D eigenvalue weighted by atomic mass is 10.1. The van der Waals surface area contributed by atoms with E-state index in [0.29, 0.717) is 10.6 Å². The maximum atomic E-state index is 12.4. The summed E-state index contributed by atoms with van der Waals surface area (Å²) in [7, 11) is 0. The zero-order chi connectivity index (χ0) is 16.3. The topological polar surface area (TPSA) is 32.3 Å². The number of rotatable bonds is 3. The summed E-state index contributed by atoms with van der Waals surface area (Å²) >= 11 is 30.0. The summed E-state index contributed by atoms with van der Waals surface area (Å²) in [6.45, 7) is 1.54. The molecule has 122 valence electrons. The van der Waals surface area contributed by atoms with Crippen molar-refractivity contribution in [3.63, 3.8) is 0 Å². The minimum Gasteiger partial charge on any atom is -0.332 e. The van der Waals surface area contributed by atoms with Crippen molar-refractivity contribution in [3.8, 4) is 0 Å². The molecule has 1 amide bonds. The molecule has 22 heavy (non-hydrogen) atoms. The van der Waals surface area contributed by atoms with Crippen LogP contribution in [0.5, 0.6) is 0 Å². The number of carbonyl (C=O) groups excluding carboxylic acids is 1. The van der Waals surface area contributed by atoms with Gasteiger partial charge in [-0.3, -0.25) is 9.69 Å². The fourth-order valence-electron chi connectivity index (χ4n) is 2.43. The smallest absolute Gasteiger partial charge is 0.254 e. The van der Waals surface area contributed by atoms with Crippen LogP contribution in [0.2, 0.25) is 10.0 Å². The highest BCUT2D eigenvalue weighted by molar-refractivity contribution is 6.68. The molecule has 1 aliphatic rings. The van der Waals surface area contributed by atoms with E-state index in [-0.39, 0.29) is 5.02 Å². The fourth-order valence-corrected chi connectivity index (χ4v) is 3.50. The second-order valence-corrected chi connectivity index (χ2v) is 8.35. The minimum absolute atomic E-state index is 0.256. The summed E-state index contributed by atoms with van der Waals surface area (Å²) in [5.41, 5.74) is 0.294. The van der Waals surface area contributed by atoms with E-state index in [1.807, 2.05) is 4.90 Å². The van der Waals surface area contributed by atoms with Crippen molar-refractivity contribution in [3.05, 3.63) is 33.8 Å². The van der Waals surface area contributed by atoms with Crippen molar-refractivity contribution in [1.29, 1.82) is 0 Å². The van der Waals surface area contributed by atoms with Crippen molar-refractivity contribution < 1.29 is 4.79 Å². The Morgan fingerprint density at radius 1 is 1.14 bits per heavy atom. The summed E-state index contributed by atoms with van der Waals surface area (Å²) in [6, 6.07) is 4.64. The molecule has 0 radical (unpaired) electrons. The number of halogens is 5. The van der Waals surface area contributed by atoms with E-state index in [1.165, 1.54) is 6.07 Å². The van der Waals surface area contributed by atoms with Gasteiger partial charge in [0, 0.05) is 18.1 Å². The van der Waals surface area contributed by atoms with Crippen LogP contribution in [0, 0.1) is 0 Å². The van der Waals surface area contributed by atoms with E-state index in [9.17, 15) is 4.79 Å². The molecule has 0 aliphatic carbocycles. The van der Waals surface area contributed by atoms with Crippen LogP contribution < -0.4 is 5.32 Å². The van der Waals surface area contributed by atoms with E-state index >= 15 is 0 Å². The molecule has 1 N–H and O–H groups in total. The second kappa shape index (κ2) is 7.78. The molecule has 1 saturated heterocycles. The average Bonchev–Trinajstić information content (AvgIpc) is 2.44. The molecular weight excluding hydrogens is 389 g/mol. The van der Waals surface area contributed by atoms with Crippen LogP contribution >= 0.6 is 58.0 Å². The van der Waals surface area contributed by atoms with Crippen LogP contribution in [-0.4, -0.2) is 33.9 Å². The molecule has 1 heterocycles. The third-order valence-electron chi connectivity index (χ3n) is 3.51. The Morgan fingerprint density at radius 2 is 1.77 bits per heavy atom. The summed E-state index contributed by atoms with van der Waals surface area (Å²) in [4.78, 5) is 14.4. The maximum absolute atomic E-state index is 12.4. The third kappa shape index (κ3) is 4.80. The molecule has 1 aliphatic heterocycles. The molecule has 0 bridgehead atoms. The van der Waals surface area contributed by atoms with E-state index in [1.54, 1.807) is 12.1 Å². The molecule has 2 rings (SSSR count). The van der Waals surface area contributed by atoms with Crippen molar-refractivity contribution >= 4 is 63.9 Å². The zero-order valence-corrected chi connectivity index (χ0v) is 15.4. The lowest BCUT2D eigenvalue weighted by molar-refractivity contribution is 0.0819. The van der Waals surface area contributed by atoms with E-state index in [2.05, 4.69) is 5.32 Å². The molecule has 1 aromatic carbocycles. The highest BCUT2D eigenvalue weighted by Crippen LogP contribution is 2.34. The van der Waals surface area contributed by atoms with Crippen LogP contribution in [0.4, 0.5) is 0 Å². The number of alkyl halides is 3. The number of piperidine rings is 1. The Labute approximate surface area is 154 Å². The van der Waals surface area contributed by atoms with Crippen LogP contribution in [0.15, 0.2) is 18.2 Å². The lowest BCUT2D eigenvalue weighted by Crippen LogP contribution is -2.56. The number of nitrogens with one attached hydrogen (secondary N) is 1. The summed E-state index contributed by atoms with van der Waals surface area (Å²) in [6.07, 6.45) is 2.45. The molecule has 1 atom stereocenters. The van der Waals surface area contributed by atoms with Gasteiger partial charge in [0.05, 0.1) is 10.6 Å². The number of amides is 1. The molecule has 0 saturated carbocycles. The Morgan fingerprint density at radius 3 is 2.32 bits per heavy atom. The SMILES string of the molecule is O=C(N[C@@H](N1CCCCC1)C(Cl)(Cl)Cl)c1ccc(Cl)cc1Cl. The quantitative estimate of drug-likeness (QED) is 0.727. The Balaban J connectivity index is 2.17. The largest absolute Gasteiger partial charge is 0.332 e. The number of hydrogen-bond acceptors (Lipinski definition) is 2. The molecule has 0 unspecified atom stereocenters. The summed E-state index contributed by atoms with van der Waals surface area (Å²) in [5, 5.41) is 3.48. The van der Waals surface area contributed by atoms with Crippen LogP contribution in [0.25, 0.3) is 0 Å². The van der Waals surface area contributed by atoms with Gasteiger partial charge >= 0.3 is 0 Å². The first-order valence-corrected chi connectivity index (χ1v) is 8.74. The first-order chi connectivity index (χ1) is 10.3. The Hall–Kier alpha value is 0.1000. The Bertz CT molecular complexity index is 541. The highest BCUT2D eigenvalue weighted by Gasteiger charge is 2.39. The van der Waals surface area contributed by atoms with Gasteiger partial charge < -0.3 is 5.32 Å². The molecule has 8 heteroatoms. The maximum Gasteiger partial charge on any atom is 0.254 e. The standard InChI is InChI=1S/C14H15Cl5N2O/c15-9-4-5-10(11(16)8-9)12(22)20-13(14(17,18)19)21-6-2-1-3-7-21/h4-5,8,13H,1-3,6-7H2,(H,20,22)/t13-/m0/s1. The van der Waals surface area contributed by atoms with Gasteiger partial charge in [-0.15, -0.1) is 0 Å². The number of nitrogens with zero attached hydrogens (tertiary/aromatic N) is 1. The molecule has 1 aromatic rings. The van der Waals surface area contributed by atoms with Gasteiger partial charge in [0.2, 0.25) is 3.79 Å². The van der Waals surface area contributed by atoms with Gasteiger partial charge in [0.1, 0.15) is 6.17 Å². The minimum atomic E-state index is -1.63. The number of hydrogen-bond donors (Lipinski definition) is 1. The zero-order valence-electron chi connectivity index (χ0n) is 11.6. The predicted octanol–water partition coefficient (Wildman–Crippen LogP) is 4.91.